The van der Waals surface area contributed by atoms with Crippen LogP contribution in [0.4, 0.5) is 0 Å². The molecule has 0 aromatic heterocycles. The zero-order chi connectivity index (χ0) is 13.4. The second-order valence-electron chi connectivity index (χ2n) is 4.98. The molecule has 0 bridgehead atoms. The Balaban J connectivity index is 1.80. The van der Waals surface area contributed by atoms with Crippen molar-refractivity contribution in [3.05, 3.63) is 79.0 Å². The Bertz CT molecular complexity index is 639. The van der Waals surface area contributed by atoms with Gasteiger partial charge in [-0.2, -0.15) is 0 Å². The molecule has 0 saturated heterocycles. The van der Waals surface area contributed by atoms with Gasteiger partial charge < -0.3 is 0 Å². The summed E-state index contributed by atoms with van der Waals surface area (Å²) in [7, 11) is 0. The molecule has 0 fully saturated rings. The van der Waals surface area contributed by atoms with Crippen molar-refractivity contribution in [2.75, 3.05) is 0 Å². The first kappa shape index (κ1) is 13.2. The molecule has 0 amide bonds. The number of rotatable bonds is 1. The van der Waals surface area contributed by atoms with Gasteiger partial charge in [0.2, 0.25) is 0 Å². The third-order valence-electron chi connectivity index (χ3n) is 3.83. The Kier molecular flexibility index (Phi) is 3.76. The molecule has 0 spiro atoms. The number of hydrogen-bond donors (Lipinski definition) is 0. The van der Waals surface area contributed by atoms with Gasteiger partial charge in [0.25, 0.3) is 0 Å². The van der Waals surface area contributed by atoms with E-state index in [1.807, 2.05) is 0 Å². The van der Waals surface area contributed by atoms with Crippen LogP contribution in [0.15, 0.2) is 56.8 Å². The molecule has 2 heteroatoms. The van der Waals surface area contributed by atoms with Gasteiger partial charge in [-0.25, -0.2) is 0 Å². The van der Waals surface area contributed by atoms with E-state index in [1.165, 1.54) is 11.1 Å². The van der Waals surface area contributed by atoms with Crippen LogP contribution in [-0.2, 0) is 0 Å². The molecule has 2 aliphatic heterocycles. The molecule has 2 unspecified atom stereocenters. The fraction of sp³-hybridized carbons (Fsp3) is 0.111. The summed E-state index contributed by atoms with van der Waals surface area (Å²) >= 11 is -0.133. The van der Waals surface area contributed by atoms with Crippen molar-refractivity contribution in [1.29, 1.82) is 0 Å². The standard InChI is InChI=1S/C18H14Te2/c1-3-7-15-13(5-1)9-11-19-17(15)18-16-8-4-2-6-14(16)10-12-20-18/h1-12,17-18H. The predicted octanol–water partition coefficient (Wildman–Crippen LogP) is 3.85. The average molecular weight is 486 g/mol. The van der Waals surface area contributed by atoms with Crippen molar-refractivity contribution in [3.63, 3.8) is 0 Å². The van der Waals surface area contributed by atoms with Crippen LogP contribution in [0.3, 0.4) is 0 Å². The summed E-state index contributed by atoms with van der Waals surface area (Å²) in [5.74, 6) is 0. The van der Waals surface area contributed by atoms with Crippen LogP contribution in [0.5, 0.6) is 0 Å². The molecule has 4 rings (SSSR count). The Hall–Kier alpha value is -0.501. The molecule has 2 atom stereocenters. The van der Waals surface area contributed by atoms with Crippen LogP contribution in [0.25, 0.3) is 12.2 Å². The maximum absolute atomic E-state index is 2.49. The van der Waals surface area contributed by atoms with Crippen molar-refractivity contribution in [1.82, 2.24) is 0 Å². The summed E-state index contributed by atoms with van der Waals surface area (Å²) in [5, 5.41) is 0. The van der Waals surface area contributed by atoms with E-state index in [2.05, 4.69) is 68.9 Å². The molecule has 0 saturated carbocycles. The third-order valence-corrected chi connectivity index (χ3v) is 11.8. The summed E-state index contributed by atoms with van der Waals surface area (Å²) < 4.78 is 6.59. The van der Waals surface area contributed by atoms with E-state index in [4.69, 9.17) is 0 Å². The summed E-state index contributed by atoms with van der Waals surface area (Å²) in [4.78, 5) is 0. The second kappa shape index (κ2) is 5.71. The van der Waals surface area contributed by atoms with Gasteiger partial charge in [0.15, 0.2) is 0 Å². The Morgan fingerprint density at radius 2 is 1.05 bits per heavy atom. The van der Waals surface area contributed by atoms with Crippen LogP contribution in [0, 0.1) is 0 Å². The van der Waals surface area contributed by atoms with E-state index in [9.17, 15) is 0 Å². The minimum absolute atomic E-state index is 0.0666. The SMILES string of the molecule is C1=Cc2ccccc2C(C2[Te]C=Cc3ccccc32)[Te]1. The normalized spacial score (nSPS) is 23.2. The summed E-state index contributed by atoms with van der Waals surface area (Å²) in [6.07, 6.45) is 4.69. The van der Waals surface area contributed by atoms with Crippen LogP contribution >= 0.6 is 0 Å². The van der Waals surface area contributed by atoms with E-state index in [1.54, 1.807) is 11.1 Å². The van der Waals surface area contributed by atoms with Gasteiger partial charge in [-0.1, -0.05) is 0 Å². The molecule has 2 aromatic carbocycles. The van der Waals surface area contributed by atoms with Gasteiger partial charge in [0.1, 0.15) is 0 Å². The van der Waals surface area contributed by atoms with E-state index in [-0.39, 0.29) is 41.8 Å². The molecule has 2 aliphatic rings. The zero-order valence-corrected chi connectivity index (χ0v) is 15.6. The fourth-order valence-electron chi connectivity index (χ4n) is 2.85. The summed E-state index contributed by atoms with van der Waals surface area (Å²) in [6, 6.07) is 18.0. The van der Waals surface area contributed by atoms with Gasteiger partial charge in [0, 0.05) is 0 Å². The topological polar surface area (TPSA) is 0 Å². The number of hydrogen-bond acceptors (Lipinski definition) is 0. The van der Waals surface area contributed by atoms with Gasteiger partial charge in [-0.15, -0.1) is 0 Å². The van der Waals surface area contributed by atoms with Crippen LogP contribution in [-0.4, -0.2) is 41.8 Å². The van der Waals surface area contributed by atoms with Gasteiger partial charge >= 0.3 is 141 Å². The third kappa shape index (κ3) is 2.30. The summed E-state index contributed by atoms with van der Waals surface area (Å²) in [6.45, 7) is 0. The van der Waals surface area contributed by atoms with Crippen molar-refractivity contribution >= 4 is 54.0 Å². The number of fused-ring (bicyclic) bond motifs is 2. The first-order chi connectivity index (χ1) is 9.93. The summed E-state index contributed by atoms with van der Waals surface area (Å²) in [5.41, 5.74) is 6.12. The van der Waals surface area contributed by atoms with E-state index >= 15 is 0 Å². The first-order valence-electron chi connectivity index (χ1n) is 6.75. The quantitative estimate of drug-likeness (QED) is 0.539. The van der Waals surface area contributed by atoms with Gasteiger partial charge in [0.05, 0.1) is 0 Å². The van der Waals surface area contributed by atoms with E-state index in [0.29, 0.717) is 0 Å². The van der Waals surface area contributed by atoms with Gasteiger partial charge in [-0.05, 0) is 0 Å². The van der Waals surface area contributed by atoms with Crippen molar-refractivity contribution < 1.29 is 0 Å². The monoisotopic (exact) mass is 490 g/mol. The van der Waals surface area contributed by atoms with Crippen LogP contribution in [0.2, 0.25) is 0 Å². The molecular formula is C18H14Te2. The molecule has 2 aromatic rings. The maximum atomic E-state index is 2.49. The van der Waals surface area contributed by atoms with Crippen molar-refractivity contribution in [2.45, 2.75) is 7.93 Å². The van der Waals surface area contributed by atoms with E-state index < -0.39 is 0 Å². The molecule has 0 radical (unpaired) electrons. The minimum atomic E-state index is -0.0666. The Labute approximate surface area is 140 Å². The number of benzene rings is 2. The van der Waals surface area contributed by atoms with Crippen molar-refractivity contribution in [2.24, 2.45) is 0 Å². The molecule has 2 heterocycles. The molecule has 98 valence electrons. The Morgan fingerprint density at radius 1 is 0.600 bits per heavy atom. The van der Waals surface area contributed by atoms with Crippen molar-refractivity contribution in [3.8, 4) is 0 Å². The second-order valence-corrected chi connectivity index (χ2v) is 11.0. The molecule has 0 N–H and O–H groups in total. The predicted molar refractivity (Wildman–Crippen MR) is 87.9 cm³/mol. The molecule has 0 nitrogen and oxygen atoms in total. The van der Waals surface area contributed by atoms with Crippen LogP contribution in [0.1, 0.15) is 30.2 Å². The fourth-order valence-corrected chi connectivity index (χ4v) is 11.3. The molecule has 20 heavy (non-hydrogen) atoms. The average Bonchev–Trinajstić information content (AvgIpc) is 2.54. The zero-order valence-electron chi connectivity index (χ0n) is 10.9. The molecule has 0 aliphatic carbocycles. The van der Waals surface area contributed by atoms with Gasteiger partial charge in [-0.3, -0.25) is 0 Å². The Morgan fingerprint density at radius 3 is 1.55 bits per heavy atom. The van der Waals surface area contributed by atoms with E-state index in [0.717, 1.165) is 7.93 Å². The first-order valence-corrected chi connectivity index (χ1v) is 12.1. The van der Waals surface area contributed by atoms with Crippen LogP contribution < -0.4 is 0 Å². The molecular weight excluding hydrogens is 471 g/mol.